The summed E-state index contributed by atoms with van der Waals surface area (Å²) >= 11 is 0. The molecule has 1 fully saturated rings. The molecule has 19 heavy (non-hydrogen) atoms. The molecule has 2 heterocycles. The van der Waals surface area contributed by atoms with Gasteiger partial charge in [-0.05, 0) is 27.7 Å². The minimum Gasteiger partial charge on any atom is -0.373 e. The Labute approximate surface area is 114 Å². The summed E-state index contributed by atoms with van der Waals surface area (Å²) in [5, 5.41) is 4.09. The molecule has 1 aromatic heterocycles. The maximum atomic E-state index is 12.5. The minimum atomic E-state index is -3.47. The van der Waals surface area contributed by atoms with Crippen LogP contribution in [0.3, 0.4) is 0 Å². The number of nitrogens with zero attached hydrogens (tertiary/aromatic N) is 3. The summed E-state index contributed by atoms with van der Waals surface area (Å²) in [4.78, 5) is 0.252. The second-order valence-electron chi connectivity index (χ2n) is 5.33. The number of sulfonamides is 1. The molecule has 0 N–H and O–H groups in total. The van der Waals surface area contributed by atoms with Crippen LogP contribution in [0.2, 0.25) is 0 Å². The van der Waals surface area contributed by atoms with Crippen molar-refractivity contribution in [1.82, 2.24) is 14.1 Å². The summed E-state index contributed by atoms with van der Waals surface area (Å²) in [5.74, 6) is 0. The number of hydrogen-bond donors (Lipinski definition) is 0. The highest BCUT2D eigenvalue weighted by molar-refractivity contribution is 7.89. The van der Waals surface area contributed by atoms with Crippen LogP contribution < -0.4 is 0 Å². The molecule has 0 radical (unpaired) electrons. The molecular formula is C12H21N3O3S. The highest BCUT2D eigenvalue weighted by Crippen LogP contribution is 2.21. The fourth-order valence-corrected chi connectivity index (χ4v) is 3.74. The molecule has 7 heteroatoms. The molecule has 0 unspecified atom stereocenters. The topological polar surface area (TPSA) is 64.4 Å². The number of hydrogen-bond acceptors (Lipinski definition) is 4. The molecule has 0 saturated carbocycles. The SMILES string of the molecule is CC(C)n1cc(S(=O)(=O)N2C[C@@H](C)O[C@H](C)C2)cn1. The molecule has 1 aliphatic heterocycles. The monoisotopic (exact) mass is 287 g/mol. The van der Waals surface area contributed by atoms with E-state index in [9.17, 15) is 8.42 Å². The van der Waals surface area contributed by atoms with Crippen molar-refractivity contribution in [2.24, 2.45) is 0 Å². The van der Waals surface area contributed by atoms with Crippen LogP contribution >= 0.6 is 0 Å². The summed E-state index contributed by atoms with van der Waals surface area (Å²) in [7, 11) is -3.47. The molecular weight excluding hydrogens is 266 g/mol. The van der Waals surface area contributed by atoms with Gasteiger partial charge in [-0.3, -0.25) is 4.68 Å². The van der Waals surface area contributed by atoms with Crippen molar-refractivity contribution in [2.45, 2.75) is 50.8 Å². The Morgan fingerprint density at radius 1 is 1.32 bits per heavy atom. The lowest BCUT2D eigenvalue weighted by atomic mass is 10.3. The molecule has 0 bridgehead atoms. The average Bonchev–Trinajstić information content (AvgIpc) is 2.77. The molecule has 0 spiro atoms. The average molecular weight is 287 g/mol. The summed E-state index contributed by atoms with van der Waals surface area (Å²) in [5.41, 5.74) is 0. The van der Waals surface area contributed by atoms with E-state index in [0.717, 1.165) is 0 Å². The van der Waals surface area contributed by atoms with E-state index in [4.69, 9.17) is 4.74 Å². The molecule has 0 amide bonds. The van der Waals surface area contributed by atoms with Crippen molar-refractivity contribution in [2.75, 3.05) is 13.1 Å². The van der Waals surface area contributed by atoms with Gasteiger partial charge in [0.05, 0.1) is 18.4 Å². The number of aromatic nitrogens is 2. The van der Waals surface area contributed by atoms with Gasteiger partial charge in [0.1, 0.15) is 4.90 Å². The molecule has 0 aromatic carbocycles. The van der Waals surface area contributed by atoms with E-state index in [1.165, 1.54) is 10.5 Å². The summed E-state index contributed by atoms with van der Waals surface area (Å²) in [6, 6.07) is 0.145. The first kappa shape index (κ1) is 14.5. The van der Waals surface area contributed by atoms with Crippen molar-refractivity contribution in [3.05, 3.63) is 12.4 Å². The Balaban J connectivity index is 2.25. The number of rotatable bonds is 3. The van der Waals surface area contributed by atoms with Crippen molar-refractivity contribution >= 4 is 10.0 Å². The highest BCUT2D eigenvalue weighted by atomic mass is 32.2. The first-order chi connectivity index (χ1) is 8.80. The fraction of sp³-hybridized carbons (Fsp3) is 0.750. The molecule has 0 aliphatic carbocycles. The van der Waals surface area contributed by atoms with Crippen LogP contribution in [0.25, 0.3) is 0 Å². The lowest BCUT2D eigenvalue weighted by Gasteiger charge is -2.34. The quantitative estimate of drug-likeness (QED) is 0.839. The normalized spacial score (nSPS) is 25.9. The lowest BCUT2D eigenvalue weighted by molar-refractivity contribution is -0.0440. The maximum absolute atomic E-state index is 12.5. The second-order valence-corrected chi connectivity index (χ2v) is 7.27. The fourth-order valence-electron chi connectivity index (χ4n) is 2.21. The Hall–Kier alpha value is -0.920. The first-order valence-corrected chi connectivity index (χ1v) is 7.94. The van der Waals surface area contributed by atoms with Crippen molar-refractivity contribution in [3.8, 4) is 0 Å². The van der Waals surface area contributed by atoms with Gasteiger partial charge >= 0.3 is 0 Å². The lowest BCUT2D eigenvalue weighted by Crippen LogP contribution is -2.48. The van der Waals surface area contributed by atoms with Crippen LogP contribution in [-0.2, 0) is 14.8 Å². The molecule has 108 valence electrons. The van der Waals surface area contributed by atoms with Crippen LogP contribution in [0.1, 0.15) is 33.7 Å². The Morgan fingerprint density at radius 2 is 1.89 bits per heavy atom. The molecule has 2 rings (SSSR count). The van der Waals surface area contributed by atoms with Crippen LogP contribution in [0, 0.1) is 0 Å². The van der Waals surface area contributed by atoms with Crippen molar-refractivity contribution < 1.29 is 13.2 Å². The van der Waals surface area contributed by atoms with Gasteiger partial charge in [-0.1, -0.05) is 0 Å². The number of morpholine rings is 1. The van der Waals surface area contributed by atoms with E-state index < -0.39 is 10.0 Å². The van der Waals surface area contributed by atoms with Gasteiger partial charge in [-0.25, -0.2) is 8.42 Å². The van der Waals surface area contributed by atoms with Gasteiger partial charge in [0.15, 0.2) is 0 Å². The van der Waals surface area contributed by atoms with Crippen LogP contribution in [0.15, 0.2) is 17.3 Å². The van der Waals surface area contributed by atoms with E-state index in [1.807, 2.05) is 27.7 Å². The zero-order chi connectivity index (χ0) is 14.2. The highest BCUT2D eigenvalue weighted by Gasteiger charge is 2.33. The van der Waals surface area contributed by atoms with E-state index in [0.29, 0.717) is 13.1 Å². The van der Waals surface area contributed by atoms with Gasteiger partial charge in [-0.2, -0.15) is 9.40 Å². The van der Waals surface area contributed by atoms with Gasteiger partial charge in [-0.15, -0.1) is 0 Å². The zero-order valence-corrected chi connectivity index (χ0v) is 12.6. The van der Waals surface area contributed by atoms with Gasteiger partial charge in [0, 0.05) is 25.3 Å². The van der Waals surface area contributed by atoms with Crippen LogP contribution in [-0.4, -0.2) is 47.8 Å². The largest absolute Gasteiger partial charge is 0.373 e. The van der Waals surface area contributed by atoms with Crippen LogP contribution in [0.5, 0.6) is 0 Å². The molecule has 6 nitrogen and oxygen atoms in total. The third-order valence-electron chi connectivity index (χ3n) is 3.13. The maximum Gasteiger partial charge on any atom is 0.246 e. The predicted octanol–water partition coefficient (Wildman–Crippen LogP) is 1.26. The van der Waals surface area contributed by atoms with Gasteiger partial charge in [0.25, 0.3) is 0 Å². The smallest absolute Gasteiger partial charge is 0.246 e. The van der Waals surface area contributed by atoms with E-state index in [2.05, 4.69) is 5.10 Å². The molecule has 1 aliphatic rings. The third kappa shape index (κ3) is 2.98. The van der Waals surface area contributed by atoms with E-state index >= 15 is 0 Å². The Morgan fingerprint density at radius 3 is 2.37 bits per heavy atom. The Bertz CT molecular complexity index is 528. The van der Waals surface area contributed by atoms with Crippen molar-refractivity contribution in [3.63, 3.8) is 0 Å². The standard InChI is InChI=1S/C12H21N3O3S/c1-9(2)15-8-12(5-13-15)19(16,17)14-6-10(3)18-11(4)7-14/h5,8-11H,6-7H2,1-4H3/t10-,11-/m1/s1. The summed E-state index contributed by atoms with van der Waals surface area (Å²) in [6.07, 6.45) is 2.84. The van der Waals surface area contributed by atoms with E-state index in [-0.39, 0.29) is 23.1 Å². The summed E-state index contributed by atoms with van der Waals surface area (Å²) in [6.45, 7) is 8.47. The van der Waals surface area contributed by atoms with E-state index in [1.54, 1.807) is 10.9 Å². The number of ether oxygens (including phenoxy) is 1. The summed E-state index contributed by atoms with van der Waals surface area (Å²) < 4.78 is 33.8. The predicted molar refractivity (Wildman–Crippen MR) is 71.4 cm³/mol. The molecule has 1 saturated heterocycles. The van der Waals surface area contributed by atoms with Crippen molar-refractivity contribution in [1.29, 1.82) is 0 Å². The zero-order valence-electron chi connectivity index (χ0n) is 11.8. The first-order valence-electron chi connectivity index (χ1n) is 6.50. The van der Waals surface area contributed by atoms with Gasteiger partial charge < -0.3 is 4.74 Å². The Kier molecular flexibility index (Phi) is 3.98. The third-order valence-corrected chi connectivity index (χ3v) is 4.92. The molecule has 2 atom stereocenters. The second kappa shape index (κ2) is 5.22. The molecule has 1 aromatic rings. The minimum absolute atomic E-state index is 0.0846. The van der Waals surface area contributed by atoms with Crippen LogP contribution in [0.4, 0.5) is 0 Å². The van der Waals surface area contributed by atoms with Gasteiger partial charge in [0.2, 0.25) is 10.0 Å².